The van der Waals surface area contributed by atoms with Crippen LogP contribution in [-0.4, -0.2) is 17.8 Å². The molecule has 3 unspecified atom stereocenters. The highest BCUT2D eigenvalue weighted by Gasteiger charge is 2.54. The molecule has 2 nitrogen and oxygen atoms in total. The summed E-state index contributed by atoms with van der Waals surface area (Å²) in [5.74, 6) is 2.38. The van der Waals surface area contributed by atoms with Crippen molar-refractivity contribution in [3.05, 3.63) is 0 Å². The molecule has 2 fully saturated rings. The minimum absolute atomic E-state index is 0.0599. The van der Waals surface area contributed by atoms with Crippen LogP contribution in [-0.2, 0) is 4.79 Å². The predicted octanol–water partition coefficient (Wildman–Crippen LogP) is 2.80. The summed E-state index contributed by atoms with van der Waals surface area (Å²) in [6.07, 6.45) is 5.15. The molecule has 0 spiro atoms. The molecule has 1 amide bonds. The zero-order valence-electron chi connectivity index (χ0n) is 10.2. The first-order valence-corrected chi connectivity index (χ1v) is 6.96. The van der Waals surface area contributed by atoms with E-state index in [4.69, 9.17) is 11.6 Å². The molecular formula is C13H22ClNO. The molecule has 2 aliphatic rings. The van der Waals surface area contributed by atoms with Crippen molar-refractivity contribution in [1.82, 2.24) is 5.32 Å². The second-order valence-electron chi connectivity index (χ2n) is 5.64. The lowest BCUT2D eigenvalue weighted by atomic mass is 10.0. The molecule has 0 aliphatic heterocycles. The van der Waals surface area contributed by atoms with E-state index >= 15 is 0 Å². The highest BCUT2D eigenvalue weighted by molar-refractivity contribution is 6.21. The monoisotopic (exact) mass is 243 g/mol. The van der Waals surface area contributed by atoms with Gasteiger partial charge in [-0.15, -0.1) is 11.6 Å². The second-order valence-corrected chi connectivity index (χ2v) is 6.20. The number of hydrogen-bond donors (Lipinski definition) is 1. The molecule has 0 heterocycles. The Morgan fingerprint density at radius 1 is 1.31 bits per heavy atom. The van der Waals surface area contributed by atoms with Gasteiger partial charge in [-0.1, -0.05) is 26.7 Å². The van der Waals surface area contributed by atoms with Crippen molar-refractivity contribution < 1.29 is 4.79 Å². The van der Waals surface area contributed by atoms with Crippen molar-refractivity contribution in [3.8, 4) is 0 Å². The quantitative estimate of drug-likeness (QED) is 0.756. The third-order valence-corrected chi connectivity index (χ3v) is 4.81. The van der Waals surface area contributed by atoms with Crippen LogP contribution in [0.15, 0.2) is 0 Å². The van der Waals surface area contributed by atoms with Gasteiger partial charge in [0.05, 0.1) is 5.38 Å². The molecule has 0 radical (unpaired) electrons. The van der Waals surface area contributed by atoms with Crippen molar-refractivity contribution in [3.63, 3.8) is 0 Å². The number of amides is 1. The van der Waals surface area contributed by atoms with Gasteiger partial charge in [0.1, 0.15) is 0 Å². The standard InChI is InChI=1S/C13H22ClNO/c1-8(2)11(14)7-15-13(16)12-9-5-3-4-6-10(9)12/h8-12H,3-7H2,1-2H3,(H,15,16). The Balaban J connectivity index is 1.73. The van der Waals surface area contributed by atoms with Gasteiger partial charge in [0.2, 0.25) is 5.91 Å². The van der Waals surface area contributed by atoms with Gasteiger partial charge in [0, 0.05) is 12.5 Å². The maximum Gasteiger partial charge on any atom is 0.223 e. The van der Waals surface area contributed by atoms with Crippen LogP contribution in [0.25, 0.3) is 0 Å². The van der Waals surface area contributed by atoms with E-state index < -0.39 is 0 Å². The van der Waals surface area contributed by atoms with Crippen molar-refractivity contribution in [2.24, 2.45) is 23.7 Å². The van der Waals surface area contributed by atoms with Crippen LogP contribution < -0.4 is 5.32 Å². The smallest absolute Gasteiger partial charge is 0.223 e. The zero-order valence-corrected chi connectivity index (χ0v) is 11.0. The molecule has 0 aromatic carbocycles. The summed E-state index contributed by atoms with van der Waals surface area (Å²) in [7, 11) is 0. The van der Waals surface area contributed by atoms with Crippen molar-refractivity contribution >= 4 is 17.5 Å². The highest BCUT2D eigenvalue weighted by Crippen LogP contribution is 2.55. The molecule has 0 bridgehead atoms. The van der Waals surface area contributed by atoms with Crippen molar-refractivity contribution in [2.75, 3.05) is 6.54 Å². The zero-order chi connectivity index (χ0) is 11.7. The molecule has 3 heteroatoms. The van der Waals surface area contributed by atoms with Gasteiger partial charge < -0.3 is 5.32 Å². The van der Waals surface area contributed by atoms with Crippen LogP contribution in [0.5, 0.6) is 0 Å². The summed E-state index contributed by atoms with van der Waals surface area (Å²) < 4.78 is 0. The van der Waals surface area contributed by atoms with Crippen LogP contribution in [0.2, 0.25) is 0 Å². The highest BCUT2D eigenvalue weighted by atomic mass is 35.5. The summed E-state index contributed by atoms with van der Waals surface area (Å²) in [5.41, 5.74) is 0. The van der Waals surface area contributed by atoms with Crippen LogP contribution in [0, 0.1) is 23.7 Å². The first kappa shape index (κ1) is 12.2. The van der Waals surface area contributed by atoms with Gasteiger partial charge >= 0.3 is 0 Å². The number of alkyl halides is 1. The number of rotatable bonds is 4. The molecule has 16 heavy (non-hydrogen) atoms. The van der Waals surface area contributed by atoms with Gasteiger partial charge in [-0.25, -0.2) is 0 Å². The molecule has 3 atom stereocenters. The molecule has 1 N–H and O–H groups in total. The van der Waals surface area contributed by atoms with E-state index in [9.17, 15) is 4.79 Å². The Morgan fingerprint density at radius 3 is 2.38 bits per heavy atom. The first-order valence-electron chi connectivity index (χ1n) is 6.53. The minimum Gasteiger partial charge on any atom is -0.354 e. The average Bonchev–Trinajstić information content (AvgIpc) is 2.99. The third kappa shape index (κ3) is 2.53. The van der Waals surface area contributed by atoms with Crippen LogP contribution in [0.4, 0.5) is 0 Å². The van der Waals surface area contributed by atoms with Gasteiger partial charge in [-0.05, 0) is 30.6 Å². The molecule has 92 valence electrons. The molecule has 0 aromatic rings. The molecular weight excluding hydrogens is 222 g/mol. The van der Waals surface area contributed by atoms with E-state index in [0.717, 1.165) is 0 Å². The van der Waals surface area contributed by atoms with Crippen LogP contribution in [0.3, 0.4) is 0 Å². The average molecular weight is 244 g/mol. The topological polar surface area (TPSA) is 29.1 Å². The third-order valence-electron chi connectivity index (χ3n) is 4.15. The number of hydrogen-bond acceptors (Lipinski definition) is 1. The fraction of sp³-hybridized carbons (Fsp3) is 0.923. The lowest BCUT2D eigenvalue weighted by Crippen LogP contribution is -2.33. The maximum atomic E-state index is 11.9. The lowest BCUT2D eigenvalue weighted by molar-refractivity contribution is -0.122. The summed E-state index contributed by atoms with van der Waals surface area (Å²) in [4.78, 5) is 11.9. The molecule has 2 aliphatic carbocycles. The van der Waals surface area contributed by atoms with Gasteiger partial charge in [0.25, 0.3) is 0 Å². The van der Waals surface area contributed by atoms with Crippen LogP contribution >= 0.6 is 11.6 Å². The number of carbonyl (C=O) groups excluding carboxylic acids is 1. The van der Waals surface area contributed by atoms with E-state index in [1.807, 2.05) is 0 Å². The molecule has 2 saturated carbocycles. The minimum atomic E-state index is 0.0599. The van der Waals surface area contributed by atoms with E-state index in [1.54, 1.807) is 0 Å². The van der Waals surface area contributed by atoms with E-state index in [2.05, 4.69) is 19.2 Å². The summed E-state index contributed by atoms with van der Waals surface area (Å²) in [6.45, 7) is 4.79. The number of carbonyl (C=O) groups is 1. The normalized spacial score (nSPS) is 34.4. The predicted molar refractivity (Wildman–Crippen MR) is 66.4 cm³/mol. The lowest BCUT2D eigenvalue weighted by Gasteiger charge is -2.14. The Morgan fingerprint density at radius 2 is 1.88 bits per heavy atom. The summed E-state index contributed by atoms with van der Waals surface area (Å²) in [6, 6.07) is 0. The van der Waals surface area contributed by atoms with Crippen molar-refractivity contribution in [2.45, 2.75) is 44.9 Å². The summed E-state index contributed by atoms with van der Waals surface area (Å²) in [5, 5.41) is 3.07. The SMILES string of the molecule is CC(C)C(Cl)CNC(=O)C1C2CCCCC21. The second kappa shape index (κ2) is 4.95. The van der Waals surface area contributed by atoms with Gasteiger partial charge in [0.15, 0.2) is 0 Å². The fourth-order valence-corrected chi connectivity index (χ4v) is 3.01. The number of nitrogens with one attached hydrogen (secondary N) is 1. The van der Waals surface area contributed by atoms with E-state index in [1.165, 1.54) is 25.7 Å². The Labute approximate surface area is 103 Å². The van der Waals surface area contributed by atoms with Gasteiger partial charge in [-0.2, -0.15) is 0 Å². The van der Waals surface area contributed by atoms with E-state index in [0.29, 0.717) is 30.2 Å². The van der Waals surface area contributed by atoms with Crippen molar-refractivity contribution in [1.29, 1.82) is 0 Å². The van der Waals surface area contributed by atoms with Crippen LogP contribution in [0.1, 0.15) is 39.5 Å². The number of fused-ring (bicyclic) bond motifs is 1. The largest absolute Gasteiger partial charge is 0.354 e. The molecule has 0 saturated heterocycles. The Kier molecular flexibility index (Phi) is 3.78. The van der Waals surface area contributed by atoms with Gasteiger partial charge in [-0.3, -0.25) is 4.79 Å². The maximum absolute atomic E-state index is 11.9. The Hall–Kier alpha value is -0.240. The Bertz CT molecular complexity index is 255. The number of halogens is 1. The molecule has 2 rings (SSSR count). The summed E-state index contributed by atoms with van der Waals surface area (Å²) >= 11 is 6.12. The first-order chi connectivity index (χ1) is 7.61. The molecule has 0 aromatic heterocycles. The van der Waals surface area contributed by atoms with E-state index in [-0.39, 0.29) is 11.3 Å². The fourth-order valence-electron chi connectivity index (χ4n) is 2.93.